The molecule has 0 radical (unpaired) electrons. The molecule has 2 unspecified atom stereocenters. The summed E-state index contributed by atoms with van der Waals surface area (Å²) >= 11 is 12.4. The van der Waals surface area contributed by atoms with E-state index in [2.05, 4.69) is 29.9 Å². The molecule has 0 spiro atoms. The third kappa shape index (κ3) is 7.90. The predicted octanol–water partition coefficient (Wildman–Crippen LogP) is 9.79. The average molecular weight is 780 g/mol. The molecule has 13 heteroatoms. The minimum Gasteiger partial charge on any atom is -0.437 e. The number of halogens is 2. The summed E-state index contributed by atoms with van der Waals surface area (Å²) in [5, 5.41) is 1.25. The second-order valence-corrected chi connectivity index (χ2v) is 13.8. The summed E-state index contributed by atoms with van der Waals surface area (Å²) in [4.78, 5) is 41.0. The van der Waals surface area contributed by atoms with Gasteiger partial charge < -0.3 is 18.6 Å². The van der Waals surface area contributed by atoms with Crippen LogP contribution in [0.2, 0.25) is 10.0 Å². The lowest BCUT2D eigenvalue weighted by Crippen LogP contribution is -2.18. The van der Waals surface area contributed by atoms with Gasteiger partial charge in [0.25, 0.3) is 11.8 Å². The predicted molar refractivity (Wildman–Crippen MR) is 217 cm³/mol. The number of Topliss-reactive ketones (excluding diaryl/α,β-unsaturated/α-hetero) is 1. The first-order chi connectivity index (χ1) is 27.3. The molecule has 276 valence electrons. The van der Waals surface area contributed by atoms with E-state index in [1.165, 1.54) is 12.7 Å². The molecule has 8 aromatic rings. The first-order valence-electron chi connectivity index (χ1n) is 17.5. The summed E-state index contributed by atoms with van der Waals surface area (Å²) in [6.45, 7) is 0. The van der Waals surface area contributed by atoms with Crippen molar-refractivity contribution in [2.75, 3.05) is 0 Å². The zero-order valence-corrected chi connectivity index (χ0v) is 31.6. The van der Waals surface area contributed by atoms with Crippen molar-refractivity contribution in [1.82, 2.24) is 39.0 Å². The number of hydrogen-bond donors (Lipinski definition) is 0. The number of aryl methyl sites for hydroxylation is 2. The maximum absolute atomic E-state index is 15.0. The van der Waals surface area contributed by atoms with E-state index in [0.717, 1.165) is 22.3 Å². The standard InChI is InChI=1S/C43H32Cl2N8O3/c1-52-25-50-37-40(52)46-23-48-42(37)55-33-17-9-29(10-18-33)35(21-7-27-3-13-31(44)14-4-27)39(54)36(22-8-28-5-15-32(45)16-6-28)30-11-19-34(20-12-30)56-43-38-41(47-24-49-43)53(2)26-51-38/h3-26,35-36H,1-2H3/b21-7+,22-8+. The molecule has 0 saturated carbocycles. The molecule has 0 fully saturated rings. The molecule has 4 aromatic carbocycles. The SMILES string of the molecule is Cn1cnc2c(Oc3ccc(C(/C=C/c4ccc(Cl)cc4)C(=O)C(/C=C/c4ccc(Cl)cc4)c4ccc(Oc5ncnc6c5ncn6C)cc4)cc3)ncnc21. The highest BCUT2D eigenvalue weighted by Gasteiger charge is 2.27. The van der Waals surface area contributed by atoms with Crippen LogP contribution < -0.4 is 9.47 Å². The number of imidazole rings is 2. The highest BCUT2D eigenvalue weighted by Crippen LogP contribution is 2.34. The van der Waals surface area contributed by atoms with E-state index in [9.17, 15) is 4.79 Å². The fourth-order valence-electron chi connectivity index (χ4n) is 6.20. The first-order valence-corrected chi connectivity index (χ1v) is 18.3. The number of ketones is 1. The number of hydrogen-bond acceptors (Lipinski definition) is 9. The number of carbonyl (C=O) groups excluding carboxylic acids is 1. The van der Waals surface area contributed by atoms with Gasteiger partial charge in [0.2, 0.25) is 0 Å². The van der Waals surface area contributed by atoms with E-state index in [1.807, 2.05) is 135 Å². The molecule has 0 aliphatic carbocycles. The van der Waals surface area contributed by atoms with Crippen molar-refractivity contribution in [3.63, 3.8) is 0 Å². The van der Waals surface area contributed by atoms with Crippen molar-refractivity contribution >= 4 is 63.5 Å². The summed E-state index contributed by atoms with van der Waals surface area (Å²) in [6, 6.07) is 29.7. The van der Waals surface area contributed by atoms with Crippen LogP contribution in [0.4, 0.5) is 0 Å². The second kappa shape index (κ2) is 16.0. The van der Waals surface area contributed by atoms with Crippen LogP contribution in [0.3, 0.4) is 0 Å². The molecular formula is C43H32Cl2N8O3. The molecule has 0 amide bonds. The Kier molecular flexibility index (Phi) is 10.3. The monoisotopic (exact) mass is 778 g/mol. The molecule has 8 rings (SSSR count). The van der Waals surface area contributed by atoms with Gasteiger partial charge in [-0.15, -0.1) is 0 Å². The van der Waals surface area contributed by atoms with Crippen LogP contribution in [-0.2, 0) is 18.9 Å². The van der Waals surface area contributed by atoms with Gasteiger partial charge in [0.1, 0.15) is 24.2 Å². The van der Waals surface area contributed by atoms with E-state index < -0.39 is 11.8 Å². The molecular weight excluding hydrogens is 747 g/mol. The van der Waals surface area contributed by atoms with Crippen LogP contribution in [0.1, 0.15) is 34.1 Å². The summed E-state index contributed by atoms with van der Waals surface area (Å²) in [7, 11) is 3.71. The quantitative estimate of drug-likeness (QED) is 0.119. The van der Waals surface area contributed by atoms with Gasteiger partial charge in [-0.1, -0.05) is 96.0 Å². The topological polar surface area (TPSA) is 123 Å². The molecule has 0 bridgehead atoms. The van der Waals surface area contributed by atoms with Crippen LogP contribution in [0.15, 0.2) is 135 Å². The minimum atomic E-state index is -0.657. The Labute approximate surface area is 331 Å². The van der Waals surface area contributed by atoms with Crippen molar-refractivity contribution in [3.05, 3.63) is 167 Å². The van der Waals surface area contributed by atoms with Crippen LogP contribution in [0, 0.1) is 0 Å². The van der Waals surface area contributed by atoms with E-state index >= 15 is 0 Å². The van der Waals surface area contributed by atoms with Crippen molar-refractivity contribution in [2.45, 2.75) is 11.8 Å². The molecule has 4 heterocycles. The Balaban J connectivity index is 1.13. The average Bonchev–Trinajstić information content (AvgIpc) is 3.80. The Morgan fingerprint density at radius 3 is 1.34 bits per heavy atom. The van der Waals surface area contributed by atoms with E-state index in [-0.39, 0.29) is 5.78 Å². The highest BCUT2D eigenvalue weighted by atomic mass is 35.5. The molecule has 2 atom stereocenters. The number of carbonyl (C=O) groups is 1. The fraction of sp³-hybridized carbons (Fsp3) is 0.0930. The molecule has 4 aromatic heterocycles. The normalized spacial score (nSPS) is 12.8. The third-order valence-corrected chi connectivity index (χ3v) is 9.65. The first kappa shape index (κ1) is 36.3. The van der Waals surface area contributed by atoms with Crippen LogP contribution >= 0.6 is 23.2 Å². The lowest BCUT2D eigenvalue weighted by atomic mass is 9.82. The Morgan fingerprint density at radius 1 is 0.554 bits per heavy atom. The lowest BCUT2D eigenvalue weighted by molar-refractivity contribution is -0.120. The number of ether oxygens (including phenoxy) is 2. The molecule has 11 nitrogen and oxygen atoms in total. The summed E-state index contributed by atoms with van der Waals surface area (Å²) in [5.41, 5.74) is 5.74. The van der Waals surface area contributed by atoms with Crippen molar-refractivity contribution in [3.8, 4) is 23.3 Å². The Bertz CT molecular complexity index is 2520. The van der Waals surface area contributed by atoms with Crippen molar-refractivity contribution < 1.29 is 14.3 Å². The molecule has 0 saturated heterocycles. The molecule has 0 N–H and O–H groups in total. The molecule has 0 aliphatic heterocycles. The van der Waals surface area contributed by atoms with Gasteiger partial charge in [0, 0.05) is 24.1 Å². The Hall–Kier alpha value is -6.69. The Morgan fingerprint density at radius 2 is 0.946 bits per heavy atom. The fourth-order valence-corrected chi connectivity index (χ4v) is 6.46. The van der Waals surface area contributed by atoms with Crippen LogP contribution in [0.25, 0.3) is 34.5 Å². The van der Waals surface area contributed by atoms with Crippen LogP contribution in [0.5, 0.6) is 23.3 Å². The number of benzene rings is 4. The van der Waals surface area contributed by atoms with Gasteiger partial charge in [-0.2, -0.15) is 9.97 Å². The summed E-state index contributed by atoms with van der Waals surface area (Å²) < 4.78 is 15.9. The number of nitrogens with zero attached hydrogens (tertiary/aromatic N) is 8. The largest absolute Gasteiger partial charge is 0.437 e. The van der Waals surface area contributed by atoms with Gasteiger partial charge in [-0.05, 0) is 70.8 Å². The van der Waals surface area contributed by atoms with Gasteiger partial charge in [0.05, 0.1) is 24.5 Å². The maximum atomic E-state index is 15.0. The third-order valence-electron chi connectivity index (χ3n) is 9.15. The smallest absolute Gasteiger partial charge is 0.250 e. The number of fused-ring (bicyclic) bond motifs is 2. The van der Waals surface area contributed by atoms with E-state index in [1.54, 1.807) is 21.8 Å². The zero-order valence-electron chi connectivity index (χ0n) is 30.1. The number of rotatable bonds is 12. The lowest BCUT2D eigenvalue weighted by Gasteiger charge is -2.20. The second-order valence-electron chi connectivity index (χ2n) is 12.9. The van der Waals surface area contributed by atoms with Gasteiger partial charge in [-0.25, -0.2) is 19.9 Å². The van der Waals surface area contributed by atoms with Crippen molar-refractivity contribution in [2.24, 2.45) is 14.1 Å². The highest BCUT2D eigenvalue weighted by molar-refractivity contribution is 6.30. The van der Waals surface area contributed by atoms with E-state index in [4.69, 9.17) is 32.7 Å². The zero-order chi connectivity index (χ0) is 38.6. The molecule has 56 heavy (non-hydrogen) atoms. The van der Waals surface area contributed by atoms with Gasteiger partial charge in [0.15, 0.2) is 28.1 Å². The van der Waals surface area contributed by atoms with Crippen molar-refractivity contribution in [1.29, 1.82) is 0 Å². The van der Waals surface area contributed by atoms with Crippen LogP contribution in [-0.4, -0.2) is 44.8 Å². The minimum absolute atomic E-state index is 0.0558. The van der Waals surface area contributed by atoms with E-state index in [0.29, 0.717) is 55.6 Å². The van der Waals surface area contributed by atoms with Gasteiger partial charge >= 0.3 is 0 Å². The number of aromatic nitrogens is 8. The molecule has 0 aliphatic rings. The summed E-state index contributed by atoms with van der Waals surface area (Å²) in [5.74, 6) is 0.374. The number of allylic oxidation sites excluding steroid dienone is 2. The maximum Gasteiger partial charge on any atom is 0.250 e. The van der Waals surface area contributed by atoms with Gasteiger partial charge in [-0.3, -0.25) is 4.79 Å². The summed E-state index contributed by atoms with van der Waals surface area (Å²) in [6.07, 6.45) is 13.9.